The third-order valence-corrected chi connectivity index (χ3v) is 1.92. The molecule has 0 unspecified atom stereocenters. The van der Waals surface area contributed by atoms with Gasteiger partial charge in [-0.25, -0.2) is 0 Å². The van der Waals surface area contributed by atoms with Crippen molar-refractivity contribution in [1.82, 2.24) is 4.98 Å². The van der Waals surface area contributed by atoms with Crippen molar-refractivity contribution in [2.45, 2.75) is 12.8 Å². The number of aromatic nitrogens is 1. The van der Waals surface area contributed by atoms with Gasteiger partial charge < -0.3 is 10.5 Å². The second-order valence-corrected chi connectivity index (χ2v) is 3.21. The van der Waals surface area contributed by atoms with Crippen LogP contribution in [-0.2, 0) is 0 Å². The van der Waals surface area contributed by atoms with Gasteiger partial charge in [0.25, 0.3) is 0 Å². The molecule has 0 aromatic carbocycles. The molecule has 1 fully saturated rings. The molecule has 1 aromatic heterocycles. The van der Waals surface area contributed by atoms with Gasteiger partial charge in [-0.1, -0.05) is 0 Å². The first-order valence-corrected chi connectivity index (χ1v) is 4.18. The van der Waals surface area contributed by atoms with Crippen LogP contribution in [0.3, 0.4) is 0 Å². The fourth-order valence-electron chi connectivity index (χ4n) is 1.01. The first-order valence-electron chi connectivity index (χ1n) is 4.18. The maximum Gasteiger partial charge on any atom is 0.139 e. The molecule has 1 saturated carbocycles. The van der Waals surface area contributed by atoms with E-state index in [1.165, 1.54) is 12.8 Å². The van der Waals surface area contributed by atoms with E-state index in [-0.39, 0.29) is 0 Å². The lowest BCUT2D eigenvalue weighted by Gasteiger charge is -2.03. The van der Waals surface area contributed by atoms with Gasteiger partial charge in [-0.05, 0) is 18.8 Å². The highest BCUT2D eigenvalue weighted by Gasteiger charge is 2.21. The highest BCUT2D eigenvalue weighted by Crippen LogP contribution is 2.29. The van der Waals surface area contributed by atoms with E-state index in [1.54, 1.807) is 18.5 Å². The summed E-state index contributed by atoms with van der Waals surface area (Å²) >= 11 is 0. The summed E-state index contributed by atoms with van der Waals surface area (Å²) in [7, 11) is 0. The van der Waals surface area contributed by atoms with Crippen molar-refractivity contribution in [3.63, 3.8) is 0 Å². The average Bonchev–Trinajstić information content (AvgIpc) is 2.84. The molecule has 1 aliphatic rings. The SMILES string of the molecule is Nc1cncc(OCC2CC2)c1. The predicted molar refractivity (Wildman–Crippen MR) is 46.9 cm³/mol. The number of nitrogens with two attached hydrogens (primary N) is 1. The van der Waals surface area contributed by atoms with Crippen molar-refractivity contribution in [2.75, 3.05) is 12.3 Å². The lowest BCUT2D eigenvalue weighted by atomic mass is 10.4. The number of nitrogen functional groups attached to an aromatic ring is 1. The van der Waals surface area contributed by atoms with Crippen LogP contribution in [0, 0.1) is 5.92 Å². The van der Waals surface area contributed by atoms with Crippen molar-refractivity contribution >= 4 is 5.69 Å². The molecule has 0 aliphatic heterocycles. The van der Waals surface area contributed by atoms with Crippen molar-refractivity contribution in [3.05, 3.63) is 18.5 Å². The van der Waals surface area contributed by atoms with Gasteiger partial charge in [0.1, 0.15) is 5.75 Å². The Morgan fingerprint density at radius 3 is 3.00 bits per heavy atom. The van der Waals surface area contributed by atoms with Gasteiger partial charge in [0.05, 0.1) is 24.7 Å². The predicted octanol–water partition coefficient (Wildman–Crippen LogP) is 1.45. The van der Waals surface area contributed by atoms with Gasteiger partial charge in [-0.15, -0.1) is 0 Å². The molecule has 12 heavy (non-hydrogen) atoms. The molecule has 1 heterocycles. The minimum absolute atomic E-state index is 0.656. The molecule has 1 aromatic rings. The molecule has 64 valence electrons. The monoisotopic (exact) mass is 164 g/mol. The Hall–Kier alpha value is -1.25. The molecule has 0 bridgehead atoms. The summed E-state index contributed by atoms with van der Waals surface area (Å²) in [4.78, 5) is 3.93. The van der Waals surface area contributed by atoms with Crippen LogP contribution in [-0.4, -0.2) is 11.6 Å². The van der Waals surface area contributed by atoms with E-state index in [0.29, 0.717) is 5.69 Å². The fourth-order valence-corrected chi connectivity index (χ4v) is 1.01. The zero-order chi connectivity index (χ0) is 8.39. The second kappa shape index (κ2) is 3.01. The lowest BCUT2D eigenvalue weighted by Crippen LogP contribution is -1.99. The van der Waals surface area contributed by atoms with Gasteiger partial charge in [0.2, 0.25) is 0 Å². The maximum atomic E-state index is 5.54. The zero-order valence-corrected chi connectivity index (χ0v) is 6.86. The first-order chi connectivity index (χ1) is 5.84. The normalized spacial score (nSPS) is 16.0. The molecular weight excluding hydrogens is 152 g/mol. The van der Waals surface area contributed by atoms with E-state index in [1.807, 2.05) is 0 Å². The standard InChI is InChI=1S/C9H12N2O/c10-8-3-9(5-11-4-8)12-6-7-1-2-7/h3-5,7H,1-2,6,10H2. The second-order valence-electron chi connectivity index (χ2n) is 3.21. The molecule has 0 saturated heterocycles. The summed E-state index contributed by atoms with van der Waals surface area (Å²) in [5.74, 6) is 1.55. The van der Waals surface area contributed by atoms with E-state index in [2.05, 4.69) is 4.98 Å². The molecule has 0 spiro atoms. The van der Waals surface area contributed by atoms with Crippen LogP contribution in [0.2, 0.25) is 0 Å². The van der Waals surface area contributed by atoms with E-state index in [9.17, 15) is 0 Å². The van der Waals surface area contributed by atoms with Crippen LogP contribution in [0.25, 0.3) is 0 Å². The molecule has 0 atom stereocenters. The van der Waals surface area contributed by atoms with E-state index >= 15 is 0 Å². The Morgan fingerprint density at radius 2 is 2.33 bits per heavy atom. The van der Waals surface area contributed by atoms with Crippen molar-refractivity contribution in [1.29, 1.82) is 0 Å². The molecule has 2 N–H and O–H groups in total. The number of hydrogen-bond acceptors (Lipinski definition) is 3. The van der Waals surface area contributed by atoms with Gasteiger partial charge in [0.15, 0.2) is 0 Å². The first kappa shape index (κ1) is 7.40. The van der Waals surface area contributed by atoms with Gasteiger partial charge in [0, 0.05) is 6.07 Å². The quantitative estimate of drug-likeness (QED) is 0.735. The summed E-state index contributed by atoms with van der Waals surface area (Å²) in [6.45, 7) is 0.811. The number of hydrogen-bond donors (Lipinski definition) is 1. The minimum atomic E-state index is 0.656. The van der Waals surface area contributed by atoms with Crippen LogP contribution in [0.15, 0.2) is 18.5 Å². The van der Waals surface area contributed by atoms with Crippen LogP contribution in [0.4, 0.5) is 5.69 Å². The Balaban J connectivity index is 1.92. The van der Waals surface area contributed by atoms with Gasteiger partial charge in [-0.3, -0.25) is 4.98 Å². The Kier molecular flexibility index (Phi) is 1.86. The lowest BCUT2D eigenvalue weighted by molar-refractivity contribution is 0.299. The Labute approximate surface area is 71.6 Å². The van der Waals surface area contributed by atoms with Gasteiger partial charge >= 0.3 is 0 Å². The van der Waals surface area contributed by atoms with Crippen LogP contribution >= 0.6 is 0 Å². The van der Waals surface area contributed by atoms with Crippen molar-refractivity contribution in [2.24, 2.45) is 5.92 Å². The van der Waals surface area contributed by atoms with Crippen molar-refractivity contribution in [3.8, 4) is 5.75 Å². The largest absolute Gasteiger partial charge is 0.492 e. The smallest absolute Gasteiger partial charge is 0.139 e. The maximum absolute atomic E-state index is 5.54. The third kappa shape index (κ3) is 1.87. The van der Waals surface area contributed by atoms with E-state index < -0.39 is 0 Å². The fraction of sp³-hybridized carbons (Fsp3) is 0.444. The highest BCUT2D eigenvalue weighted by molar-refractivity contribution is 5.39. The number of anilines is 1. The molecule has 0 radical (unpaired) electrons. The topological polar surface area (TPSA) is 48.1 Å². The zero-order valence-electron chi connectivity index (χ0n) is 6.86. The molecule has 2 rings (SSSR count). The highest BCUT2D eigenvalue weighted by atomic mass is 16.5. The third-order valence-electron chi connectivity index (χ3n) is 1.92. The van der Waals surface area contributed by atoms with Crippen LogP contribution in [0.5, 0.6) is 5.75 Å². The molecular formula is C9H12N2O. The summed E-state index contributed by atoms with van der Waals surface area (Å²) in [6.07, 6.45) is 5.91. The van der Waals surface area contributed by atoms with E-state index in [4.69, 9.17) is 10.5 Å². The van der Waals surface area contributed by atoms with Crippen LogP contribution < -0.4 is 10.5 Å². The number of rotatable bonds is 3. The summed E-state index contributed by atoms with van der Waals surface area (Å²) in [6, 6.07) is 1.80. The van der Waals surface area contributed by atoms with Crippen LogP contribution in [0.1, 0.15) is 12.8 Å². The number of pyridine rings is 1. The Bertz CT molecular complexity index is 271. The summed E-state index contributed by atoms with van der Waals surface area (Å²) < 4.78 is 5.47. The molecule has 3 heteroatoms. The summed E-state index contributed by atoms with van der Waals surface area (Å²) in [5, 5.41) is 0. The summed E-state index contributed by atoms with van der Waals surface area (Å²) in [5.41, 5.74) is 6.19. The number of nitrogens with zero attached hydrogens (tertiary/aromatic N) is 1. The number of ether oxygens (including phenoxy) is 1. The molecule has 3 nitrogen and oxygen atoms in total. The Morgan fingerprint density at radius 1 is 1.50 bits per heavy atom. The average molecular weight is 164 g/mol. The van der Waals surface area contributed by atoms with Gasteiger partial charge in [-0.2, -0.15) is 0 Å². The molecule has 0 amide bonds. The minimum Gasteiger partial charge on any atom is -0.492 e. The van der Waals surface area contributed by atoms with Crippen molar-refractivity contribution < 1.29 is 4.74 Å². The molecule has 1 aliphatic carbocycles. The van der Waals surface area contributed by atoms with E-state index in [0.717, 1.165) is 18.3 Å².